The Hall–Kier alpha value is -1.84. The number of benzene rings is 2. The quantitative estimate of drug-likeness (QED) is 0.912. The Balaban J connectivity index is 1.70. The summed E-state index contributed by atoms with van der Waals surface area (Å²) in [5.74, 6) is 0.525. The number of piperazine rings is 1. The zero-order chi connectivity index (χ0) is 16.9. The zero-order valence-corrected chi connectivity index (χ0v) is 14.7. The summed E-state index contributed by atoms with van der Waals surface area (Å²) in [7, 11) is 0. The molecule has 1 aliphatic heterocycles. The van der Waals surface area contributed by atoms with Crippen LogP contribution in [0.2, 0.25) is 0 Å². The van der Waals surface area contributed by atoms with Gasteiger partial charge in [-0.15, -0.1) is 0 Å². The van der Waals surface area contributed by atoms with Crippen molar-refractivity contribution in [2.24, 2.45) is 0 Å². The molecule has 0 spiro atoms. The van der Waals surface area contributed by atoms with E-state index in [9.17, 15) is 5.11 Å². The van der Waals surface area contributed by atoms with E-state index in [-0.39, 0.29) is 12.6 Å². The Kier molecular flexibility index (Phi) is 5.54. The maximum absolute atomic E-state index is 9.92. The lowest BCUT2D eigenvalue weighted by molar-refractivity contribution is 0.165. The Morgan fingerprint density at radius 3 is 2.54 bits per heavy atom. The summed E-state index contributed by atoms with van der Waals surface area (Å²) in [6.07, 6.45) is 0. The minimum absolute atomic E-state index is 0.157. The van der Waals surface area contributed by atoms with Crippen molar-refractivity contribution in [1.29, 1.82) is 0 Å². The van der Waals surface area contributed by atoms with Crippen LogP contribution in [-0.4, -0.2) is 42.3 Å². The van der Waals surface area contributed by atoms with Crippen molar-refractivity contribution in [3.05, 3.63) is 65.7 Å². The fourth-order valence-corrected chi connectivity index (χ4v) is 3.46. The summed E-state index contributed by atoms with van der Waals surface area (Å²) in [5, 5.41) is 9.92. The molecule has 0 amide bonds. The van der Waals surface area contributed by atoms with Crippen molar-refractivity contribution in [2.45, 2.75) is 32.4 Å². The van der Waals surface area contributed by atoms with Gasteiger partial charge in [0, 0.05) is 31.9 Å². The van der Waals surface area contributed by atoms with E-state index in [4.69, 9.17) is 0 Å². The second-order valence-corrected chi connectivity index (χ2v) is 7.00. The molecular weight excluding hydrogens is 296 g/mol. The third-order valence-electron chi connectivity index (χ3n) is 4.90. The van der Waals surface area contributed by atoms with Crippen LogP contribution in [0, 0.1) is 0 Å². The fourth-order valence-electron chi connectivity index (χ4n) is 3.46. The van der Waals surface area contributed by atoms with Crippen LogP contribution in [-0.2, 0) is 6.54 Å². The molecule has 3 rings (SSSR count). The van der Waals surface area contributed by atoms with Crippen molar-refractivity contribution in [3.63, 3.8) is 0 Å². The standard InChI is InChI=1S/C21H28N2O/c1-17(2)19-9-6-10-20(13-19)23-12-11-22(15-21(23)16-24)14-18-7-4-3-5-8-18/h3-10,13,17,21,24H,11-12,14-16H2,1-2H3. The first-order chi connectivity index (χ1) is 11.7. The lowest BCUT2D eigenvalue weighted by atomic mass is 10.0. The van der Waals surface area contributed by atoms with Crippen molar-refractivity contribution in [2.75, 3.05) is 31.1 Å². The monoisotopic (exact) mass is 324 g/mol. The van der Waals surface area contributed by atoms with Crippen LogP contribution >= 0.6 is 0 Å². The summed E-state index contributed by atoms with van der Waals surface area (Å²) in [6.45, 7) is 8.48. The van der Waals surface area contributed by atoms with Gasteiger partial charge >= 0.3 is 0 Å². The minimum atomic E-state index is 0.157. The molecule has 24 heavy (non-hydrogen) atoms. The molecule has 1 saturated heterocycles. The molecule has 3 heteroatoms. The van der Waals surface area contributed by atoms with Gasteiger partial charge in [-0.2, -0.15) is 0 Å². The van der Waals surface area contributed by atoms with E-state index >= 15 is 0 Å². The summed E-state index contributed by atoms with van der Waals surface area (Å²) in [5.41, 5.74) is 3.93. The van der Waals surface area contributed by atoms with E-state index in [0.29, 0.717) is 5.92 Å². The van der Waals surface area contributed by atoms with Gasteiger partial charge in [0.25, 0.3) is 0 Å². The predicted molar refractivity (Wildman–Crippen MR) is 100 cm³/mol. The first-order valence-electron chi connectivity index (χ1n) is 8.91. The Labute approximate surface area is 145 Å². The Morgan fingerprint density at radius 2 is 1.83 bits per heavy atom. The summed E-state index contributed by atoms with van der Waals surface area (Å²) < 4.78 is 0. The van der Waals surface area contributed by atoms with Gasteiger partial charge in [0.1, 0.15) is 0 Å². The second-order valence-electron chi connectivity index (χ2n) is 7.00. The molecule has 1 fully saturated rings. The number of aliphatic hydroxyl groups excluding tert-OH is 1. The molecular formula is C21H28N2O. The predicted octanol–water partition coefficient (Wildman–Crippen LogP) is 3.49. The summed E-state index contributed by atoms with van der Waals surface area (Å²) in [6, 6.07) is 19.5. The number of nitrogens with zero attached hydrogens (tertiary/aromatic N) is 2. The molecule has 128 valence electrons. The maximum Gasteiger partial charge on any atom is 0.0648 e. The van der Waals surface area contributed by atoms with E-state index in [2.05, 4.69) is 78.2 Å². The number of rotatable bonds is 5. The smallest absolute Gasteiger partial charge is 0.0648 e. The van der Waals surface area contributed by atoms with Gasteiger partial charge in [-0.25, -0.2) is 0 Å². The highest BCUT2D eigenvalue weighted by Crippen LogP contribution is 2.25. The molecule has 1 N–H and O–H groups in total. The summed E-state index contributed by atoms with van der Waals surface area (Å²) >= 11 is 0. The minimum Gasteiger partial charge on any atom is -0.394 e. The Morgan fingerprint density at radius 1 is 1.04 bits per heavy atom. The third-order valence-corrected chi connectivity index (χ3v) is 4.90. The molecule has 1 aliphatic rings. The van der Waals surface area contributed by atoms with Gasteiger partial charge in [0.05, 0.1) is 12.6 Å². The van der Waals surface area contributed by atoms with Crippen LogP contribution in [0.25, 0.3) is 0 Å². The number of anilines is 1. The number of hydrogen-bond donors (Lipinski definition) is 1. The van der Waals surface area contributed by atoms with Crippen LogP contribution in [0.4, 0.5) is 5.69 Å². The molecule has 2 aromatic carbocycles. The highest BCUT2D eigenvalue weighted by atomic mass is 16.3. The Bertz CT molecular complexity index is 641. The normalized spacial score (nSPS) is 19.0. The summed E-state index contributed by atoms with van der Waals surface area (Å²) in [4.78, 5) is 4.81. The van der Waals surface area contributed by atoms with Gasteiger partial charge in [-0.1, -0.05) is 56.3 Å². The van der Waals surface area contributed by atoms with E-state index < -0.39 is 0 Å². The number of aliphatic hydroxyl groups is 1. The first kappa shape index (κ1) is 17.0. The van der Waals surface area contributed by atoms with E-state index in [0.717, 1.165) is 26.2 Å². The van der Waals surface area contributed by atoms with Crippen LogP contribution in [0.1, 0.15) is 30.9 Å². The highest BCUT2D eigenvalue weighted by molar-refractivity contribution is 5.50. The fraction of sp³-hybridized carbons (Fsp3) is 0.429. The van der Waals surface area contributed by atoms with Crippen LogP contribution in [0.5, 0.6) is 0 Å². The molecule has 0 saturated carbocycles. The van der Waals surface area contributed by atoms with Gasteiger partial charge < -0.3 is 10.0 Å². The van der Waals surface area contributed by atoms with Gasteiger partial charge in [0.15, 0.2) is 0 Å². The second kappa shape index (κ2) is 7.82. The van der Waals surface area contributed by atoms with Crippen LogP contribution < -0.4 is 4.90 Å². The SMILES string of the molecule is CC(C)c1cccc(N2CCN(Cc3ccccc3)CC2CO)c1. The van der Waals surface area contributed by atoms with Crippen LogP contribution in [0.15, 0.2) is 54.6 Å². The van der Waals surface area contributed by atoms with E-state index in [1.807, 2.05) is 0 Å². The zero-order valence-electron chi connectivity index (χ0n) is 14.7. The average molecular weight is 324 g/mol. The van der Waals surface area contributed by atoms with Crippen molar-refractivity contribution < 1.29 is 5.11 Å². The highest BCUT2D eigenvalue weighted by Gasteiger charge is 2.26. The molecule has 3 nitrogen and oxygen atoms in total. The molecule has 0 radical (unpaired) electrons. The van der Waals surface area contributed by atoms with Gasteiger partial charge in [0.2, 0.25) is 0 Å². The lowest BCUT2D eigenvalue weighted by Gasteiger charge is -2.42. The molecule has 0 bridgehead atoms. The van der Waals surface area contributed by atoms with Crippen molar-refractivity contribution in [1.82, 2.24) is 4.90 Å². The van der Waals surface area contributed by atoms with Crippen LogP contribution in [0.3, 0.4) is 0 Å². The third kappa shape index (κ3) is 3.97. The average Bonchev–Trinajstić information content (AvgIpc) is 2.62. The first-order valence-corrected chi connectivity index (χ1v) is 8.91. The molecule has 0 aromatic heterocycles. The molecule has 0 aliphatic carbocycles. The molecule has 1 unspecified atom stereocenters. The van der Waals surface area contributed by atoms with Crippen molar-refractivity contribution in [3.8, 4) is 0 Å². The molecule has 2 aromatic rings. The largest absolute Gasteiger partial charge is 0.394 e. The topological polar surface area (TPSA) is 26.7 Å². The molecule has 1 heterocycles. The van der Waals surface area contributed by atoms with E-state index in [1.165, 1.54) is 16.8 Å². The van der Waals surface area contributed by atoms with Gasteiger partial charge in [-0.05, 0) is 29.2 Å². The number of hydrogen-bond acceptors (Lipinski definition) is 3. The molecule has 1 atom stereocenters. The lowest BCUT2D eigenvalue weighted by Crippen LogP contribution is -2.54. The van der Waals surface area contributed by atoms with E-state index in [1.54, 1.807) is 0 Å². The van der Waals surface area contributed by atoms with Gasteiger partial charge in [-0.3, -0.25) is 4.90 Å². The van der Waals surface area contributed by atoms with Crippen molar-refractivity contribution >= 4 is 5.69 Å². The maximum atomic E-state index is 9.92.